The molecule has 2 aromatic carbocycles. The van der Waals surface area contributed by atoms with Gasteiger partial charge in [0.2, 0.25) is 0 Å². The number of ether oxygens (including phenoxy) is 1. The maximum absolute atomic E-state index is 10.5. The van der Waals surface area contributed by atoms with Crippen LogP contribution in [-0.2, 0) is 6.54 Å². The summed E-state index contributed by atoms with van der Waals surface area (Å²) >= 11 is 0. The number of aliphatic hydroxyl groups is 1. The quantitative estimate of drug-likeness (QED) is 0.592. The van der Waals surface area contributed by atoms with Crippen LogP contribution in [0.25, 0.3) is 0 Å². The summed E-state index contributed by atoms with van der Waals surface area (Å²) in [6.45, 7) is 5.96. The van der Waals surface area contributed by atoms with E-state index in [0.29, 0.717) is 0 Å². The Morgan fingerprint density at radius 1 is 1.23 bits per heavy atom. The van der Waals surface area contributed by atoms with Gasteiger partial charge in [-0.25, -0.2) is 0 Å². The fourth-order valence-corrected chi connectivity index (χ4v) is 2.71. The van der Waals surface area contributed by atoms with E-state index >= 15 is 0 Å². The molecule has 2 aromatic rings. The van der Waals surface area contributed by atoms with Gasteiger partial charge in [0.25, 0.3) is 0 Å². The molecule has 0 aromatic heterocycles. The number of nitrogens with zero attached hydrogens (tertiary/aromatic N) is 2. The fourth-order valence-electron chi connectivity index (χ4n) is 2.71. The SMILES string of the molecule is CCNC(=NCC(O)c1cccc(OC)c1)N(C)Cc1ccccc1C. The third-order valence-corrected chi connectivity index (χ3v) is 4.26. The van der Waals surface area contributed by atoms with Gasteiger partial charge in [0.15, 0.2) is 5.96 Å². The zero-order valence-corrected chi connectivity index (χ0v) is 16.1. The monoisotopic (exact) mass is 355 g/mol. The molecule has 5 nitrogen and oxygen atoms in total. The lowest BCUT2D eigenvalue weighted by Gasteiger charge is -2.23. The first-order valence-electron chi connectivity index (χ1n) is 8.91. The van der Waals surface area contributed by atoms with Gasteiger partial charge >= 0.3 is 0 Å². The van der Waals surface area contributed by atoms with Gasteiger partial charge in [-0.15, -0.1) is 0 Å². The summed E-state index contributed by atoms with van der Waals surface area (Å²) in [4.78, 5) is 6.69. The molecule has 2 N–H and O–H groups in total. The molecule has 0 amide bonds. The highest BCUT2D eigenvalue weighted by atomic mass is 16.5. The Kier molecular flexibility index (Phi) is 7.48. The molecule has 0 saturated heterocycles. The van der Waals surface area contributed by atoms with Crippen LogP contribution in [0.1, 0.15) is 29.7 Å². The van der Waals surface area contributed by atoms with Gasteiger partial charge in [-0.05, 0) is 42.7 Å². The van der Waals surface area contributed by atoms with Crippen molar-refractivity contribution in [1.29, 1.82) is 0 Å². The van der Waals surface area contributed by atoms with Crippen LogP contribution >= 0.6 is 0 Å². The summed E-state index contributed by atoms with van der Waals surface area (Å²) in [5.41, 5.74) is 3.31. The topological polar surface area (TPSA) is 57.1 Å². The smallest absolute Gasteiger partial charge is 0.194 e. The molecule has 1 atom stereocenters. The lowest BCUT2D eigenvalue weighted by Crippen LogP contribution is -2.38. The number of guanidine groups is 1. The first kappa shape index (κ1) is 19.8. The predicted octanol–water partition coefficient (Wildman–Crippen LogP) is 3.13. The van der Waals surface area contributed by atoms with E-state index in [1.165, 1.54) is 11.1 Å². The highest BCUT2D eigenvalue weighted by Crippen LogP contribution is 2.19. The fraction of sp³-hybridized carbons (Fsp3) is 0.381. The third-order valence-electron chi connectivity index (χ3n) is 4.26. The summed E-state index contributed by atoms with van der Waals surface area (Å²) in [5.74, 6) is 1.51. The average molecular weight is 355 g/mol. The standard InChI is InChI=1S/C21H29N3O2/c1-5-22-21(24(3)15-18-10-7-6-9-16(18)2)23-14-20(25)17-11-8-12-19(13-17)26-4/h6-13,20,25H,5,14-15H2,1-4H3,(H,22,23). The molecule has 0 radical (unpaired) electrons. The number of hydrogen-bond acceptors (Lipinski definition) is 3. The first-order chi connectivity index (χ1) is 12.5. The van der Waals surface area contributed by atoms with Gasteiger partial charge < -0.3 is 20.1 Å². The zero-order valence-electron chi connectivity index (χ0n) is 16.1. The van der Waals surface area contributed by atoms with Gasteiger partial charge in [0, 0.05) is 20.1 Å². The highest BCUT2D eigenvalue weighted by molar-refractivity contribution is 5.79. The number of aliphatic imine (C=N–C) groups is 1. The molecule has 0 spiro atoms. The summed E-state index contributed by atoms with van der Waals surface area (Å²) in [5, 5.41) is 13.8. The first-order valence-corrected chi connectivity index (χ1v) is 8.91. The number of hydrogen-bond donors (Lipinski definition) is 2. The summed E-state index contributed by atoms with van der Waals surface area (Å²) in [7, 11) is 3.62. The normalized spacial score (nSPS) is 12.6. The number of benzene rings is 2. The van der Waals surface area contributed by atoms with Crippen LogP contribution < -0.4 is 10.1 Å². The van der Waals surface area contributed by atoms with E-state index in [0.717, 1.165) is 30.4 Å². The minimum absolute atomic E-state index is 0.285. The van der Waals surface area contributed by atoms with E-state index in [2.05, 4.69) is 34.3 Å². The van der Waals surface area contributed by atoms with E-state index in [9.17, 15) is 5.11 Å². The van der Waals surface area contributed by atoms with E-state index in [4.69, 9.17) is 4.74 Å². The van der Waals surface area contributed by atoms with Crippen molar-refractivity contribution < 1.29 is 9.84 Å². The van der Waals surface area contributed by atoms with Crippen LogP contribution in [0.2, 0.25) is 0 Å². The second kappa shape index (κ2) is 9.82. The van der Waals surface area contributed by atoms with Crippen LogP contribution in [0.3, 0.4) is 0 Å². The molecule has 0 aliphatic carbocycles. The zero-order chi connectivity index (χ0) is 18.9. The molecule has 0 saturated carbocycles. The Balaban J connectivity index is 2.08. The van der Waals surface area contributed by atoms with Crippen LogP contribution in [0.5, 0.6) is 5.75 Å². The number of aliphatic hydroxyl groups excluding tert-OH is 1. The Hall–Kier alpha value is -2.53. The summed E-state index contributed by atoms with van der Waals surface area (Å²) < 4.78 is 5.22. The Bertz CT molecular complexity index is 731. The predicted molar refractivity (Wildman–Crippen MR) is 107 cm³/mol. The Labute approximate surface area is 156 Å². The van der Waals surface area contributed by atoms with Gasteiger partial charge in [-0.2, -0.15) is 0 Å². The summed E-state index contributed by atoms with van der Waals surface area (Å²) in [6, 6.07) is 15.8. The molecule has 26 heavy (non-hydrogen) atoms. The summed E-state index contributed by atoms with van der Waals surface area (Å²) in [6.07, 6.45) is -0.675. The molecule has 0 heterocycles. The van der Waals surface area contributed by atoms with Crippen LogP contribution in [-0.4, -0.2) is 43.2 Å². The Morgan fingerprint density at radius 3 is 2.69 bits per heavy atom. The lowest BCUT2D eigenvalue weighted by molar-refractivity contribution is 0.186. The number of nitrogens with one attached hydrogen (secondary N) is 1. The lowest BCUT2D eigenvalue weighted by atomic mass is 10.1. The molecule has 1 unspecified atom stereocenters. The third kappa shape index (κ3) is 5.49. The van der Waals surface area contributed by atoms with Crippen LogP contribution in [0, 0.1) is 6.92 Å². The number of rotatable bonds is 7. The van der Waals surface area contributed by atoms with Crippen molar-refractivity contribution in [1.82, 2.24) is 10.2 Å². The largest absolute Gasteiger partial charge is 0.497 e. The molecule has 5 heteroatoms. The highest BCUT2D eigenvalue weighted by Gasteiger charge is 2.11. The van der Waals surface area contributed by atoms with Crippen molar-refractivity contribution in [3.8, 4) is 5.75 Å². The second-order valence-corrected chi connectivity index (χ2v) is 6.27. The molecule has 0 aliphatic rings. The maximum Gasteiger partial charge on any atom is 0.194 e. The maximum atomic E-state index is 10.5. The molecular formula is C21H29N3O2. The number of aryl methyl sites for hydroxylation is 1. The molecule has 0 fully saturated rings. The van der Waals surface area contributed by atoms with Gasteiger partial charge in [0.1, 0.15) is 5.75 Å². The van der Waals surface area contributed by atoms with Crippen molar-refractivity contribution in [2.24, 2.45) is 4.99 Å². The molecule has 0 aliphatic heterocycles. The van der Waals surface area contributed by atoms with E-state index in [-0.39, 0.29) is 6.54 Å². The van der Waals surface area contributed by atoms with Crippen LogP contribution in [0.4, 0.5) is 0 Å². The van der Waals surface area contributed by atoms with Crippen molar-refractivity contribution in [3.05, 3.63) is 65.2 Å². The second-order valence-electron chi connectivity index (χ2n) is 6.27. The van der Waals surface area contributed by atoms with Crippen molar-refractivity contribution >= 4 is 5.96 Å². The average Bonchev–Trinajstić information content (AvgIpc) is 2.66. The van der Waals surface area contributed by atoms with Crippen molar-refractivity contribution in [2.45, 2.75) is 26.5 Å². The van der Waals surface area contributed by atoms with Gasteiger partial charge in [-0.1, -0.05) is 36.4 Å². The number of methoxy groups -OCH3 is 1. The van der Waals surface area contributed by atoms with Gasteiger partial charge in [0.05, 0.1) is 19.8 Å². The van der Waals surface area contributed by atoms with Crippen molar-refractivity contribution in [3.63, 3.8) is 0 Å². The van der Waals surface area contributed by atoms with E-state index in [1.54, 1.807) is 7.11 Å². The molecule has 0 bridgehead atoms. The minimum atomic E-state index is -0.675. The molecule has 2 rings (SSSR count). The van der Waals surface area contributed by atoms with Crippen molar-refractivity contribution in [2.75, 3.05) is 27.2 Å². The van der Waals surface area contributed by atoms with Gasteiger partial charge in [-0.3, -0.25) is 4.99 Å². The van der Waals surface area contributed by atoms with E-state index < -0.39 is 6.10 Å². The Morgan fingerprint density at radius 2 is 2.00 bits per heavy atom. The minimum Gasteiger partial charge on any atom is -0.497 e. The molecular weight excluding hydrogens is 326 g/mol. The van der Waals surface area contributed by atoms with E-state index in [1.807, 2.05) is 50.4 Å². The molecule has 140 valence electrons. The van der Waals surface area contributed by atoms with Crippen LogP contribution in [0.15, 0.2) is 53.5 Å².